The second-order valence-corrected chi connectivity index (χ2v) is 10.5. The average Bonchev–Trinajstić information content (AvgIpc) is 3.22. The molecule has 1 aromatic heterocycles. The van der Waals surface area contributed by atoms with Gasteiger partial charge in [0.1, 0.15) is 17.7 Å². The molecule has 1 unspecified atom stereocenters. The minimum Gasteiger partial charge on any atom is -0.442 e. The molecule has 3 amide bonds. The standard InChI is InChI=1S/C25H23F2N5O4S/c26-17-7-14(8-18(27)22(17)16-5-6-21(33)30-23(16)34)31-9-13(10-31)28-25(35)36-15-11-32(12-15)24-29-19-3-1-2-4-20(19)37-24/h1-4,7-8,13,15-16H,5-6,9-12H2,(H,28,35)(H,30,33,34). The van der Waals surface area contributed by atoms with E-state index in [1.807, 2.05) is 24.3 Å². The minimum atomic E-state index is -1.04. The molecule has 3 aromatic rings. The number of anilines is 2. The summed E-state index contributed by atoms with van der Waals surface area (Å²) in [6, 6.07) is 10.1. The lowest BCUT2D eigenvalue weighted by Crippen LogP contribution is -2.61. The molecule has 3 aliphatic heterocycles. The van der Waals surface area contributed by atoms with Crippen LogP contribution in [0.5, 0.6) is 0 Å². The molecule has 9 nitrogen and oxygen atoms in total. The van der Waals surface area contributed by atoms with E-state index < -0.39 is 35.5 Å². The molecule has 3 fully saturated rings. The third kappa shape index (κ3) is 4.57. The van der Waals surface area contributed by atoms with Crippen molar-refractivity contribution in [1.82, 2.24) is 15.6 Å². The van der Waals surface area contributed by atoms with E-state index in [2.05, 4.69) is 20.5 Å². The van der Waals surface area contributed by atoms with Crippen LogP contribution < -0.4 is 20.4 Å². The van der Waals surface area contributed by atoms with E-state index >= 15 is 0 Å². The predicted octanol–water partition coefficient (Wildman–Crippen LogP) is 2.90. The first-order chi connectivity index (χ1) is 17.8. The topological polar surface area (TPSA) is 104 Å². The van der Waals surface area contributed by atoms with Gasteiger partial charge in [0.15, 0.2) is 5.13 Å². The second-order valence-electron chi connectivity index (χ2n) is 9.47. The number of piperidine rings is 1. The molecule has 2 aromatic carbocycles. The van der Waals surface area contributed by atoms with Crippen LogP contribution in [-0.2, 0) is 14.3 Å². The van der Waals surface area contributed by atoms with Gasteiger partial charge in [-0.15, -0.1) is 0 Å². The summed E-state index contributed by atoms with van der Waals surface area (Å²) in [6.45, 7) is 1.88. The highest BCUT2D eigenvalue weighted by Crippen LogP contribution is 2.34. The van der Waals surface area contributed by atoms with E-state index in [0.717, 1.165) is 15.3 Å². The van der Waals surface area contributed by atoms with Crippen molar-refractivity contribution in [3.8, 4) is 0 Å². The third-order valence-corrected chi connectivity index (χ3v) is 7.99. The Hall–Kier alpha value is -3.80. The zero-order chi connectivity index (χ0) is 25.7. The fourth-order valence-electron chi connectivity index (χ4n) is 4.85. The van der Waals surface area contributed by atoms with Gasteiger partial charge in [-0.1, -0.05) is 23.5 Å². The molecule has 0 bridgehead atoms. The number of alkyl carbamates (subject to hydrolysis) is 1. The monoisotopic (exact) mass is 527 g/mol. The number of hydrogen-bond donors (Lipinski definition) is 2. The Kier molecular flexibility index (Phi) is 5.90. The van der Waals surface area contributed by atoms with E-state index in [1.165, 1.54) is 12.1 Å². The van der Waals surface area contributed by atoms with E-state index in [1.54, 1.807) is 16.2 Å². The number of benzene rings is 2. The lowest BCUT2D eigenvalue weighted by atomic mass is 9.89. The molecule has 3 saturated heterocycles. The van der Waals surface area contributed by atoms with Gasteiger partial charge in [-0.05, 0) is 30.7 Å². The number of ether oxygens (including phenoxy) is 1. The van der Waals surface area contributed by atoms with Gasteiger partial charge in [-0.25, -0.2) is 18.6 Å². The molecule has 6 rings (SSSR count). The Labute approximate surface area is 214 Å². The summed E-state index contributed by atoms with van der Waals surface area (Å²) < 4.78 is 36.1. The molecule has 192 valence electrons. The van der Waals surface area contributed by atoms with Crippen LogP contribution in [0.3, 0.4) is 0 Å². The first kappa shape index (κ1) is 23.6. The summed E-state index contributed by atoms with van der Waals surface area (Å²) in [5, 5.41) is 5.81. The number of halogens is 2. The summed E-state index contributed by atoms with van der Waals surface area (Å²) >= 11 is 1.60. The van der Waals surface area contributed by atoms with E-state index in [0.29, 0.717) is 31.9 Å². The van der Waals surface area contributed by atoms with E-state index in [9.17, 15) is 23.2 Å². The predicted molar refractivity (Wildman–Crippen MR) is 133 cm³/mol. The summed E-state index contributed by atoms with van der Waals surface area (Å²) in [5.74, 6) is -3.84. The number of hydrogen-bond acceptors (Lipinski definition) is 8. The fraction of sp³-hybridized carbons (Fsp3) is 0.360. The Morgan fingerprint density at radius 1 is 1.08 bits per heavy atom. The third-order valence-electron chi connectivity index (χ3n) is 6.89. The molecule has 0 radical (unpaired) electrons. The Balaban J connectivity index is 0.981. The van der Waals surface area contributed by atoms with Crippen LogP contribution in [-0.4, -0.2) is 61.2 Å². The highest BCUT2D eigenvalue weighted by atomic mass is 32.1. The summed E-state index contributed by atoms with van der Waals surface area (Å²) in [5.41, 5.74) is 0.945. The first-order valence-electron chi connectivity index (χ1n) is 12.0. The maximum Gasteiger partial charge on any atom is 0.407 e. The fourth-order valence-corrected chi connectivity index (χ4v) is 5.84. The average molecular weight is 528 g/mol. The number of carbonyl (C=O) groups excluding carboxylic acids is 3. The number of imide groups is 1. The number of amides is 3. The van der Waals surface area contributed by atoms with Crippen molar-refractivity contribution in [2.45, 2.75) is 30.9 Å². The Morgan fingerprint density at radius 3 is 2.51 bits per heavy atom. The molecule has 4 heterocycles. The van der Waals surface area contributed by atoms with Crippen molar-refractivity contribution in [2.24, 2.45) is 0 Å². The molecule has 0 saturated carbocycles. The Bertz CT molecular complexity index is 1350. The number of thiazole rings is 1. The number of fused-ring (bicyclic) bond motifs is 1. The smallest absolute Gasteiger partial charge is 0.407 e. The van der Waals surface area contributed by atoms with Gasteiger partial charge in [0, 0.05) is 30.8 Å². The second kappa shape index (κ2) is 9.25. The van der Waals surface area contributed by atoms with Crippen molar-refractivity contribution in [3.05, 3.63) is 53.6 Å². The van der Waals surface area contributed by atoms with Crippen LogP contribution >= 0.6 is 11.3 Å². The number of para-hydroxylation sites is 1. The highest BCUT2D eigenvalue weighted by molar-refractivity contribution is 7.22. The van der Waals surface area contributed by atoms with Gasteiger partial charge in [-0.2, -0.15) is 0 Å². The quantitative estimate of drug-likeness (QED) is 0.492. The van der Waals surface area contributed by atoms with E-state index in [-0.39, 0.29) is 30.6 Å². The number of rotatable bonds is 5. The Morgan fingerprint density at radius 2 is 1.81 bits per heavy atom. The van der Waals surface area contributed by atoms with Crippen molar-refractivity contribution in [2.75, 3.05) is 36.0 Å². The highest BCUT2D eigenvalue weighted by Gasteiger charge is 2.36. The van der Waals surface area contributed by atoms with Gasteiger partial charge < -0.3 is 19.9 Å². The van der Waals surface area contributed by atoms with Crippen molar-refractivity contribution >= 4 is 50.3 Å². The van der Waals surface area contributed by atoms with Gasteiger partial charge in [0.2, 0.25) is 11.8 Å². The molecule has 12 heteroatoms. The molecule has 0 aliphatic carbocycles. The molecule has 2 N–H and O–H groups in total. The zero-order valence-corrected chi connectivity index (χ0v) is 20.4. The summed E-state index contributed by atoms with van der Waals surface area (Å²) in [7, 11) is 0. The van der Waals surface area contributed by atoms with Gasteiger partial charge >= 0.3 is 6.09 Å². The summed E-state index contributed by atoms with van der Waals surface area (Å²) in [6.07, 6.45) is -0.655. The van der Waals surface area contributed by atoms with Crippen LogP contribution in [0.15, 0.2) is 36.4 Å². The SMILES string of the molecule is O=C1CCC(c2c(F)cc(N3CC(NC(=O)OC4CN(c5nc6ccccc6s5)C4)C3)cc2F)C(=O)N1. The van der Waals surface area contributed by atoms with Gasteiger partial charge in [0.25, 0.3) is 0 Å². The van der Waals surface area contributed by atoms with Crippen LogP contribution in [0.2, 0.25) is 0 Å². The van der Waals surface area contributed by atoms with Crippen molar-refractivity contribution < 1.29 is 27.9 Å². The lowest BCUT2D eigenvalue weighted by Gasteiger charge is -2.42. The number of nitrogens with one attached hydrogen (secondary N) is 2. The minimum absolute atomic E-state index is 0.0352. The van der Waals surface area contributed by atoms with Gasteiger partial charge in [-0.3, -0.25) is 14.9 Å². The number of aromatic nitrogens is 1. The zero-order valence-electron chi connectivity index (χ0n) is 19.6. The maximum absolute atomic E-state index is 14.8. The van der Waals surface area contributed by atoms with Gasteiger partial charge in [0.05, 0.1) is 35.3 Å². The number of carbonyl (C=O) groups is 3. The molecular formula is C25H23F2N5O4S. The first-order valence-corrected chi connectivity index (χ1v) is 12.8. The van der Waals surface area contributed by atoms with Crippen LogP contribution in [0.4, 0.5) is 24.4 Å². The normalized spacial score (nSPS) is 20.4. The molecular weight excluding hydrogens is 504 g/mol. The largest absolute Gasteiger partial charge is 0.442 e. The summed E-state index contributed by atoms with van der Waals surface area (Å²) in [4.78, 5) is 44.1. The van der Waals surface area contributed by atoms with Crippen LogP contribution in [0.1, 0.15) is 24.3 Å². The van der Waals surface area contributed by atoms with Crippen molar-refractivity contribution in [1.29, 1.82) is 0 Å². The number of nitrogens with zero attached hydrogens (tertiary/aromatic N) is 3. The molecule has 3 aliphatic rings. The molecule has 1 atom stereocenters. The maximum atomic E-state index is 14.8. The van der Waals surface area contributed by atoms with Crippen molar-refractivity contribution in [3.63, 3.8) is 0 Å². The lowest BCUT2D eigenvalue weighted by molar-refractivity contribution is -0.134. The van der Waals surface area contributed by atoms with Crippen LogP contribution in [0, 0.1) is 11.6 Å². The van der Waals surface area contributed by atoms with Crippen LogP contribution in [0.25, 0.3) is 10.2 Å². The molecule has 37 heavy (non-hydrogen) atoms. The van der Waals surface area contributed by atoms with E-state index in [4.69, 9.17) is 4.74 Å². The molecule has 0 spiro atoms.